The number of rotatable bonds is 28. The van der Waals surface area contributed by atoms with Gasteiger partial charge in [-0.3, -0.25) is 19.2 Å². The number of ether oxygens (including phenoxy) is 17. The summed E-state index contributed by atoms with van der Waals surface area (Å²) in [4.78, 5) is 50.7. The fraction of sp³-hybridized carbons (Fsp3) is 0.935. The van der Waals surface area contributed by atoms with Crippen LogP contribution in [0.25, 0.3) is 0 Å². The smallest absolute Gasteiger partial charge is 0.217 e. The molecule has 0 aromatic heterocycles. The SMILES string of the molecule is CC(=O)N[C@H]1[C@H](O[C@H]2[C@H](O)[C@@H](NC(C)=O)C(O)O[C@@H]2CO)O[C@H](CO)[C@@H](O[C@@H]2O[C@H](CO[C@H]3O[C@H](CO)[C@@H](O)[C@H](O)[C@@H]3O[C@@H]3O[C@H](CO)[C@@H](O)[C@H](O)[C@H]3NC(C)=O)[C@@H](O)[C@H](O[C@H]3O[C@H](CO)[C@@H](O)[C@H](O)[C@@H]3O[C@@H]3O[C@H](CO)[C@@H](O[C@@H]4O[C@H](CO)[C@H](O)[C@H](O)[C@H]4O[C@@H]4O[C@@H](C)[C@@H](O)[C@@H](O)[C@@H]4O)[C@H](O)[C@H]3NC(C)=O)[C@@H]2O)[C@@H]1O. The van der Waals surface area contributed by atoms with Gasteiger partial charge in [0.05, 0.1) is 59.0 Å². The Morgan fingerprint density at radius 2 is 0.541 bits per heavy atom. The Labute approximate surface area is 629 Å². The average Bonchev–Trinajstić information content (AvgIpc) is 0.769. The van der Waals surface area contributed by atoms with Crippen molar-refractivity contribution in [3.8, 4) is 0 Å². The Balaban J connectivity index is 1.05. The second-order valence-corrected chi connectivity index (χ2v) is 28.1. The minimum absolute atomic E-state index is 0.782. The first kappa shape index (κ1) is 91.1. The average molecular weight is 1630 g/mol. The van der Waals surface area contributed by atoms with Gasteiger partial charge in [0.2, 0.25) is 23.6 Å². The van der Waals surface area contributed by atoms with E-state index >= 15 is 0 Å². The third-order valence-corrected chi connectivity index (χ3v) is 20.3. The van der Waals surface area contributed by atoms with Crippen molar-refractivity contribution in [2.24, 2.45) is 0 Å². The number of nitrogens with one attached hydrogen (secondary N) is 4. The molecule has 0 spiro atoms. The molecule has 9 saturated heterocycles. The summed E-state index contributed by atoms with van der Waals surface area (Å²) < 4.78 is 101. The summed E-state index contributed by atoms with van der Waals surface area (Å²) in [6.07, 6.45) is -84.0. The lowest BCUT2D eigenvalue weighted by molar-refractivity contribution is -0.401. The maximum Gasteiger partial charge on any atom is 0.217 e. The topological polar surface area (TPSA) is 759 Å². The molecule has 9 fully saturated rings. The standard InChI is InChI=1S/C62H104N4O45/c1-14-31(78)41(88)45(92)58(96-14)111-53-44(91)35(82)21(8-69)100-61(53)107-49-25(12-73)103-57(30(40(49)87)66-18(5)77)110-52-43(90)34(81)22(9-70)101-62(52)108-50-36(83)26(13-95-60-51(42(89)33(80)20(7-68)99-60)109-55-28(64-16(3)75)37(84)32(79)19(6-67)98-55)104-59(46(50)93)106-48-24(11-72)102-56(29(39(48)86)65-17(4)76)105-47-23(10-71)97-54(94)27(38(47)85)63-15(2)74/h14,19-62,67-73,78-94H,6-13H2,1-5H3,(H,63,74)(H,64,75)(H,65,76)(H,66,77)/t14-,19+,20+,21+,22+,23+,24+,25+,26+,27+,28+,29+,30+,31+,32+,33+,34+,35-,36+,37+,38+,39+,40+,41+,42-,43-,44-,45-,46-,47+,48+,49+,50-,51-,52-,53+,54?,55-,56-,57-,58-,59-,60-,61-,62+/m0/s1. The fourth-order valence-electron chi connectivity index (χ4n) is 14.4. The molecule has 4 amide bonds. The van der Waals surface area contributed by atoms with Gasteiger partial charge in [0, 0.05) is 27.7 Å². The Kier molecular flexibility index (Phi) is 32.6. The quantitative estimate of drug-likeness (QED) is 0.0346. The lowest BCUT2D eigenvalue weighted by Crippen LogP contribution is -2.71. The van der Waals surface area contributed by atoms with E-state index in [9.17, 15) is 142 Å². The predicted molar refractivity (Wildman–Crippen MR) is 342 cm³/mol. The third-order valence-electron chi connectivity index (χ3n) is 20.3. The van der Waals surface area contributed by atoms with Crippen molar-refractivity contribution in [3.05, 3.63) is 0 Å². The zero-order valence-corrected chi connectivity index (χ0v) is 59.9. The van der Waals surface area contributed by atoms with E-state index in [1.165, 1.54) is 6.92 Å². The van der Waals surface area contributed by atoms with E-state index in [2.05, 4.69) is 21.3 Å². The lowest BCUT2D eigenvalue weighted by atomic mass is 9.93. The number of aliphatic hydroxyl groups is 24. The zero-order chi connectivity index (χ0) is 81.8. The monoisotopic (exact) mass is 1620 g/mol. The van der Waals surface area contributed by atoms with Gasteiger partial charge in [-0.25, -0.2) is 0 Å². The van der Waals surface area contributed by atoms with E-state index in [-0.39, 0.29) is 0 Å². The van der Waals surface area contributed by atoms with Crippen LogP contribution in [0.1, 0.15) is 34.6 Å². The molecule has 0 radical (unpaired) electrons. The number of amides is 4. The summed E-state index contributed by atoms with van der Waals surface area (Å²) in [7, 11) is 0. The van der Waals surface area contributed by atoms with Crippen molar-refractivity contribution < 1.29 is 222 Å². The molecule has 9 aliphatic rings. The highest BCUT2D eigenvalue weighted by atomic mass is 16.8. The molecule has 9 rings (SSSR count). The van der Waals surface area contributed by atoms with Crippen molar-refractivity contribution in [1.29, 1.82) is 0 Å². The van der Waals surface area contributed by atoms with Gasteiger partial charge >= 0.3 is 0 Å². The van der Waals surface area contributed by atoms with Crippen LogP contribution in [0.3, 0.4) is 0 Å². The Morgan fingerprint density at radius 3 is 0.955 bits per heavy atom. The molecule has 0 bridgehead atoms. The minimum atomic E-state index is -2.56. The summed E-state index contributed by atoms with van der Waals surface area (Å²) in [5, 5.41) is 277. The normalized spacial score (nSPS) is 49.3. The van der Waals surface area contributed by atoms with Crippen LogP contribution in [-0.4, -0.2) is 475 Å². The number of hydrogen-bond acceptors (Lipinski definition) is 45. The maximum atomic E-state index is 13.1. The van der Waals surface area contributed by atoms with Crippen molar-refractivity contribution in [3.63, 3.8) is 0 Å². The van der Waals surface area contributed by atoms with Gasteiger partial charge in [-0.1, -0.05) is 0 Å². The number of carbonyl (C=O) groups is 4. The Morgan fingerprint density at radius 1 is 0.252 bits per heavy atom. The van der Waals surface area contributed by atoms with Crippen molar-refractivity contribution in [2.75, 3.05) is 52.9 Å². The van der Waals surface area contributed by atoms with Gasteiger partial charge in [-0.2, -0.15) is 0 Å². The van der Waals surface area contributed by atoms with Gasteiger partial charge in [0.15, 0.2) is 56.6 Å². The van der Waals surface area contributed by atoms with Gasteiger partial charge in [-0.15, -0.1) is 0 Å². The second-order valence-electron chi connectivity index (χ2n) is 28.1. The van der Waals surface area contributed by atoms with E-state index in [0.29, 0.717) is 0 Å². The summed E-state index contributed by atoms with van der Waals surface area (Å²) in [5.74, 6) is -3.54. The van der Waals surface area contributed by atoms with Gasteiger partial charge < -0.3 is 224 Å². The van der Waals surface area contributed by atoms with E-state index in [4.69, 9.17) is 80.5 Å². The molecule has 0 aromatic carbocycles. The first-order chi connectivity index (χ1) is 52.5. The zero-order valence-electron chi connectivity index (χ0n) is 59.9. The molecule has 0 aromatic rings. The summed E-state index contributed by atoms with van der Waals surface area (Å²) in [6, 6.07) is -7.30. The van der Waals surface area contributed by atoms with Gasteiger partial charge in [-0.05, 0) is 6.92 Å². The summed E-state index contributed by atoms with van der Waals surface area (Å²) >= 11 is 0. The predicted octanol–water partition coefficient (Wildman–Crippen LogP) is -19.0. The molecule has 642 valence electrons. The molecular weight excluding hydrogens is 1520 g/mol. The van der Waals surface area contributed by atoms with Crippen molar-refractivity contribution >= 4 is 23.6 Å². The largest absolute Gasteiger partial charge is 0.394 e. The molecule has 0 aliphatic carbocycles. The van der Waals surface area contributed by atoms with E-state index in [1.807, 2.05) is 0 Å². The van der Waals surface area contributed by atoms with Gasteiger partial charge in [0.1, 0.15) is 213 Å². The van der Waals surface area contributed by atoms with Crippen molar-refractivity contribution in [1.82, 2.24) is 21.3 Å². The number of aliphatic hydroxyl groups excluding tert-OH is 24. The summed E-state index contributed by atoms with van der Waals surface area (Å²) in [5.41, 5.74) is 0. The third kappa shape index (κ3) is 20.2. The lowest BCUT2D eigenvalue weighted by Gasteiger charge is -2.51. The first-order valence-corrected chi connectivity index (χ1v) is 35.5. The summed E-state index contributed by atoms with van der Waals surface area (Å²) in [6.45, 7) is -3.64. The van der Waals surface area contributed by atoms with Crippen LogP contribution in [0.2, 0.25) is 0 Å². The highest BCUT2D eigenvalue weighted by molar-refractivity contribution is 5.74. The second kappa shape index (κ2) is 39.7. The molecule has 45 atom stereocenters. The molecule has 49 heteroatoms. The molecule has 49 nitrogen and oxygen atoms in total. The van der Waals surface area contributed by atoms with Crippen LogP contribution in [0.4, 0.5) is 0 Å². The highest BCUT2D eigenvalue weighted by Gasteiger charge is 2.61. The van der Waals surface area contributed by atoms with Gasteiger partial charge in [0.25, 0.3) is 0 Å². The van der Waals surface area contributed by atoms with E-state index < -0.39 is 353 Å². The molecule has 9 heterocycles. The van der Waals surface area contributed by atoms with E-state index in [1.54, 1.807) is 0 Å². The maximum absolute atomic E-state index is 13.1. The molecular formula is C62H104N4O45. The van der Waals surface area contributed by atoms with Crippen LogP contribution in [0.5, 0.6) is 0 Å². The molecule has 111 heavy (non-hydrogen) atoms. The first-order valence-electron chi connectivity index (χ1n) is 35.5. The van der Waals surface area contributed by atoms with Crippen LogP contribution in [-0.2, 0) is 99.7 Å². The van der Waals surface area contributed by atoms with Crippen LogP contribution in [0.15, 0.2) is 0 Å². The number of hydrogen-bond donors (Lipinski definition) is 28. The molecule has 28 N–H and O–H groups in total. The Hall–Kier alpha value is -3.76. The fourth-order valence-corrected chi connectivity index (χ4v) is 14.4. The molecule has 0 saturated carbocycles. The van der Waals surface area contributed by atoms with Crippen LogP contribution in [0, 0.1) is 0 Å². The van der Waals surface area contributed by atoms with Crippen LogP contribution >= 0.6 is 0 Å². The van der Waals surface area contributed by atoms with E-state index in [0.717, 1.165) is 27.7 Å². The number of carbonyl (C=O) groups excluding carboxylic acids is 4. The minimum Gasteiger partial charge on any atom is -0.394 e. The molecule has 1 unspecified atom stereocenters. The van der Waals surface area contributed by atoms with Crippen LogP contribution < -0.4 is 21.3 Å². The van der Waals surface area contributed by atoms with Crippen molar-refractivity contribution in [2.45, 2.75) is 311 Å². The molecule has 9 aliphatic heterocycles. The highest BCUT2D eigenvalue weighted by Crippen LogP contribution is 2.40. The Bertz CT molecular complexity index is 2950.